The zero-order valence-electron chi connectivity index (χ0n) is 16.0. The first-order valence-electron chi connectivity index (χ1n) is 9.23. The molecule has 1 heterocycles. The molecule has 0 radical (unpaired) electrons. The molecule has 0 saturated heterocycles. The van der Waals surface area contributed by atoms with E-state index in [4.69, 9.17) is 4.74 Å². The number of hydrogen-bond donors (Lipinski definition) is 1. The molecular weight excluding hydrogens is 374 g/mol. The summed E-state index contributed by atoms with van der Waals surface area (Å²) in [6, 6.07) is 14.8. The lowest BCUT2D eigenvalue weighted by atomic mass is 9.98. The van der Waals surface area contributed by atoms with Crippen molar-refractivity contribution in [3.05, 3.63) is 59.7 Å². The second-order valence-corrected chi connectivity index (χ2v) is 9.25. The SMILES string of the molecule is COc1ccc2ccc(O)c(CN3CCCc4cc(S(C)(=O)=O)ccc43)c2c1. The van der Waals surface area contributed by atoms with Crippen molar-refractivity contribution in [2.24, 2.45) is 0 Å². The summed E-state index contributed by atoms with van der Waals surface area (Å²) < 4.78 is 29.1. The van der Waals surface area contributed by atoms with Gasteiger partial charge in [-0.3, -0.25) is 0 Å². The number of ether oxygens (including phenoxy) is 1. The Labute approximate surface area is 165 Å². The first-order valence-corrected chi connectivity index (χ1v) is 11.1. The van der Waals surface area contributed by atoms with Gasteiger partial charge in [-0.1, -0.05) is 12.1 Å². The largest absolute Gasteiger partial charge is 0.508 e. The van der Waals surface area contributed by atoms with Crippen LogP contribution in [0, 0.1) is 0 Å². The second-order valence-electron chi connectivity index (χ2n) is 7.24. The van der Waals surface area contributed by atoms with E-state index < -0.39 is 9.84 Å². The van der Waals surface area contributed by atoms with Crippen LogP contribution >= 0.6 is 0 Å². The molecule has 4 rings (SSSR count). The van der Waals surface area contributed by atoms with Crippen LogP contribution in [0.5, 0.6) is 11.5 Å². The Morgan fingerprint density at radius 3 is 2.64 bits per heavy atom. The molecular formula is C22H23NO4S. The standard InChI is InChI=1S/C22H23NO4S/c1-27-17-7-5-15-6-10-22(24)20(19(15)13-17)14-23-11-3-4-16-12-18(28(2,25)26)8-9-21(16)23/h5-10,12-13,24H,3-4,11,14H2,1-2H3. The van der Waals surface area contributed by atoms with Gasteiger partial charge in [0.2, 0.25) is 0 Å². The predicted octanol–water partition coefficient (Wildman–Crippen LogP) is 3.91. The van der Waals surface area contributed by atoms with Gasteiger partial charge in [0.25, 0.3) is 0 Å². The lowest BCUT2D eigenvalue weighted by Crippen LogP contribution is -2.29. The summed E-state index contributed by atoms with van der Waals surface area (Å²) >= 11 is 0. The zero-order valence-corrected chi connectivity index (χ0v) is 16.8. The molecule has 0 aromatic heterocycles. The van der Waals surface area contributed by atoms with Gasteiger partial charge < -0.3 is 14.7 Å². The molecule has 0 bridgehead atoms. The third-order valence-electron chi connectivity index (χ3n) is 5.36. The number of nitrogens with zero attached hydrogens (tertiary/aromatic N) is 1. The van der Waals surface area contributed by atoms with Crippen LogP contribution in [0.3, 0.4) is 0 Å². The number of sulfone groups is 1. The minimum Gasteiger partial charge on any atom is -0.508 e. The quantitative estimate of drug-likeness (QED) is 0.723. The Kier molecular flexibility index (Phi) is 4.67. The van der Waals surface area contributed by atoms with E-state index in [1.165, 1.54) is 6.26 Å². The number of benzene rings is 3. The van der Waals surface area contributed by atoms with Crippen molar-refractivity contribution in [1.29, 1.82) is 0 Å². The lowest BCUT2D eigenvalue weighted by molar-refractivity contribution is 0.415. The smallest absolute Gasteiger partial charge is 0.175 e. The molecule has 146 valence electrons. The summed E-state index contributed by atoms with van der Waals surface area (Å²) in [7, 11) is -1.60. The van der Waals surface area contributed by atoms with E-state index in [0.29, 0.717) is 11.4 Å². The fraction of sp³-hybridized carbons (Fsp3) is 0.273. The van der Waals surface area contributed by atoms with Crippen LogP contribution in [0.15, 0.2) is 53.4 Å². The first-order chi connectivity index (χ1) is 13.4. The van der Waals surface area contributed by atoms with Crippen LogP contribution in [0.25, 0.3) is 10.8 Å². The maximum Gasteiger partial charge on any atom is 0.175 e. The molecule has 0 amide bonds. The van der Waals surface area contributed by atoms with Crippen molar-refractivity contribution >= 4 is 26.3 Å². The molecule has 0 fully saturated rings. The van der Waals surface area contributed by atoms with Gasteiger partial charge in [0.15, 0.2) is 9.84 Å². The van der Waals surface area contributed by atoms with Gasteiger partial charge in [-0.2, -0.15) is 0 Å². The highest BCUT2D eigenvalue weighted by molar-refractivity contribution is 7.90. The number of hydrogen-bond acceptors (Lipinski definition) is 5. The summed E-state index contributed by atoms with van der Waals surface area (Å²) in [6.45, 7) is 1.40. The lowest BCUT2D eigenvalue weighted by Gasteiger charge is -2.32. The average molecular weight is 397 g/mol. The molecule has 6 heteroatoms. The minimum atomic E-state index is -3.23. The van der Waals surface area contributed by atoms with Crippen LogP contribution in [0.4, 0.5) is 5.69 Å². The first kappa shape index (κ1) is 18.6. The molecule has 5 nitrogen and oxygen atoms in total. The normalized spacial score (nSPS) is 14.1. The monoisotopic (exact) mass is 397 g/mol. The topological polar surface area (TPSA) is 66.8 Å². The predicted molar refractivity (Wildman–Crippen MR) is 111 cm³/mol. The summed E-state index contributed by atoms with van der Waals surface area (Å²) in [5, 5.41) is 12.6. The van der Waals surface area contributed by atoms with E-state index in [-0.39, 0.29) is 5.75 Å². The van der Waals surface area contributed by atoms with Crippen molar-refractivity contribution in [1.82, 2.24) is 0 Å². The van der Waals surface area contributed by atoms with Gasteiger partial charge in [-0.25, -0.2) is 8.42 Å². The molecule has 0 spiro atoms. The Bertz CT molecular complexity index is 1150. The van der Waals surface area contributed by atoms with Gasteiger partial charge in [-0.05, 0) is 65.6 Å². The molecule has 0 aliphatic carbocycles. The van der Waals surface area contributed by atoms with Crippen molar-refractivity contribution < 1.29 is 18.3 Å². The highest BCUT2D eigenvalue weighted by Crippen LogP contribution is 2.35. The van der Waals surface area contributed by atoms with E-state index in [1.807, 2.05) is 30.3 Å². The summed E-state index contributed by atoms with van der Waals surface area (Å²) in [5.41, 5.74) is 2.90. The van der Waals surface area contributed by atoms with Crippen molar-refractivity contribution in [3.8, 4) is 11.5 Å². The van der Waals surface area contributed by atoms with Gasteiger partial charge in [0.1, 0.15) is 11.5 Å². The molecule has 1 N–H and O–H groups in total. The number of phenols is 1. The van der Waals surface area contributed by atoms with E-state index >= 15 is 0 Å². The van der Waals surface area contributed by atoms with Crippen LogP contribution < -0.4 is 9.64 Å². The van der Waals surface area contributed by atoms with E-state index in [0.717, 1.165) is 52.7 Å². The fourth-order valence-electron chi connectivity index (χ4n) is 3.88. The number of aryl methyl sites for hydroxylation is 1. The maximum absolute atomic E-state index is 11.9. The molecule has 1 aliphatic heterocycles. The number of aromatic hydroxyl groups is 1. The third-order valence-corrected chi connectivity index (χ3v) is 6.47. The van der Waals surface area contributed by atoms with Gasteiger partial charge in [-0.15, -0.1) is 0 Å². The number of anilines is 1. The highest BCUT2D eigenvalue weighted by atomic mass is 32.2. The van der Waals surface area contributed by atoms with Crippen molar-refractivity contribution in [2.75, 3.05) is 24.8 Å². The van der Waals surface area contributed by atoms with Crippen LogP contribution in [0.2, 0.25) is 0 Å². The molecule has 28 heavy (non-hydrogen) atoms. The Morgan fingerprint density at radius 1 is 1.11 bits per heavy atom. The molecule has 0 saturated carbocycles. The number of fused-ring (bicyclic) bond motifs is 2. The van der Waals surface area contributed by atoms with Crippen molar-refractivity contribution in [2.45, 2.75) is 24.3 Å². The fourth-order valence-corrected chi connectivity index (χ4v) is 4.55. The third kappa shape index (κ3) is 3.40. The van der Waals surface area contributed by atoms with Crippen LogP contribution in [0.1, 0.15) is 17.5 Å². The van der Waals surface area contributed by atoms with Gasteiger partial charge >= 0.3 is 0 Å². The average Bonchev–Trinajstić information content (AvgIpc) is 2.68. The Morgan fingerprint density at radius 2 is 1.89 bits per heavy atom. The Hall–Kier alpha value is -2.73. The summed E-state index contributed by atoms with van der Waals surface area (Å²) in [4.78, 5) is 2.56. The molecule has 1 aliphatic rings. The molecule has 0 atom stereocenters. The molecule has 3 aromatic rings. The van der Waals surface area contributed by atoms with Crippen LogP contribution in [-0.4, -0.2) is 33.4 Å². The Balaban J connectivity index is 1.76. The molecule has 0 unspecified atom stereocenters. The zero-order chi connectivity index (χ0) is 19.9. The van der Waals surface area contributed by atoms with E-state index in [1.54, 1.807) is 25.3 Å². The van der Waals surface area contributed by atoms with E-state index in [9.17, 15) is 13.5 Å². The van der Waals surface area contributed by atoms with Crippen LogP contribution in [-0.2, 0) is 22.8 Å². The highest BCUT2D eigenvalue weighted by Gasteiger charge is 2.21. The number of methoxy groups -OCH3 is 1. The number of rotatable bonds is 4. The number of phenolic OH excluding ortho intramolecular Hbond substituents is 1. The maximum atomic E-state index is 11.9. The van der Waals surface area contributed by atoms with Crippen molar-refractivity contribution in [3.63, 3.8) is 0 Å². The summed E-state index contributed by atoms with van der Waals surface area (Å²) in [5.74, 6) is 0.997. The second kappa shape index (κ2) is 7.02. The summed E-state index contributed by atoms with van der Waals surface area (Å²) in [6.07, 6.45) is 3.02. The van der Waals surface area contributed by atoms with E-state index in [2.05, 4.69) is 4.90 Å². The molecule has 3 aromatic carbocycles. The van der Waals surface area contributed by atoms with Gasteiger partial charge in [0.05, 0.1) is 12.0 Å². The van der Waals surface area contributed by atoms with Gasteiger partial charge in [0, 0.05) is 30.6 Å². The minimum absolute atomic E-state index is 0.251.